The van der Waals surface area contributed by atoms with Crippen LogP contribution in [0.4, 0.5) is 11.4 Å². The van der Waals surface area contributed by atoms with Crippen LogP contribution >= 0.6 is 0 Å². The third-order valence-corrected chi connectivity index (χ3v) is 16.2. The van der Waals surface area contributed by atoms with Gasteiger partial charge in [-0.25, -0.2) is 0 Å². The fourth-order valence-corrected chi connectivity index (χ4v) is 15.1. The molecule has 2 nitrogen and oxygen atoms in total. The Labute approximate surface area is 262 Å². The largest absolute Gasteiger partial charge is 0.394 e. The summed E-state index contributed by atoms with van der Waals surface area (Å²) in [6.07, 6.45) is 17.5. The molecular weight excluding hydrogens is 553 g/mol. The van der Waals surface area contributed by atoms with Crippen LogP contribution in [0.1, 0.15) is 47.9 Å². The molecule has 10 unspecified atom stereocenters. The number of nitrogens with zero attached hydrogens (tertiary/aromatic N) is 2. The lowest BCUT2D eigenvalue weighted by Crippen LogP contribution is -2.52. The maximum atomic E-state index is 2.93. The molecule has 0 amide bonds. The molecule has 0 N–H and O–H groups in total. The second-order valence-electron chi connectivity index (χ2n) is 16.7. The zero-order chi connectivity index (χ0) is 30.2. The molecule has 2 saturated carbocycles. The summed E-state index contributed by atoms with van der Waals surface area (Å²) in [6, 6.07) is 16.1. The minimum atomic E-state index is -1.60. The molecule has 4 heteroatoms. The van der Waals surface area contributed by atoms with Gasteiger partial charge < -0.3 is 9.13 Å². The number of rotatable bonds is 3. The SMILES string of the molecule is Cc1ccc2c(c1)C1C(C)C3C=CC(c4ccc5c(c4)C4C(C)C6C=CC=CC6C4N5[Si](C)(C)C)=CC3C1N2[Si](C)(C)C. The van der Waals surface area contributed by atoms with Crippen molar-refractivity contribution < 1.29 is 0 Å². The molecule has 10 atom stereocenters. The molecule has 6 aliphatic rings. The quantitative estimate of drug-likeness (QED) is 0.323. The highest BCUT2D eigenvalue weighted by Gasteiger charge is 2.58. The van der Waals surface area contributed by atoms with Gasteiger partial charge in [0.1, 0.15) is 16.5 Å². The topological polar surface area (TPSA) is 6.48 Å². The Balaban J connectivity index is 1.21. The maximum absolute atomic E-state index is 2.93. The van der Waals surface area contributed by atoms with Crippen LogP contribution in [-0.4, -0.2) is 28.6 Å². The molecule has 4 aliphatic carbocycles. The van der Waals surface area contributed by atoms with Crippen molar-refractivity contribution in [3.63, 3.8) is 0 Å². The van der Waals surface area contributed by atoms with Gasteiger partial charge in [0, 0.05) is 47.1 Å². The monoisotopic (exact) mass is 602 g/mol. The van der Waals surface area contributed by atoms with E-state index in [4.69, 9.17) is 0 Å². The Hall–Kier alpha value is -2.57. The molecular formula is C39H50N2Si2. The van der Waals surface area contributed by atoms with E-state index in [9.17, 15) is 0 Å². The molecule has 43 heavy (non-hydrogen) atoms. The normalized spacial score (nSPS) is 36.7. The van der Waals surface area contributed by atoms with E-state index in [-0.39, 0.29) is 0 Å². The highest BCUT2D eigenvalue weighted by Crippen LogP contribution is 2.62. The molecule has 0 bridgehead atoms. The van der Waals surface area contributed by atoms with Gasteiger partial charge in [-0.2, -0.15) is 0 Å². The second kappa shape index (κ2) is 9.23. The van der Waals surface area contributed by atoms with E-state index >= 15 is 0 Å². The van der Waals surface area contributed by atoms with Crippen LogP contribution in [0.5, 0.6) is 0 Å². The summed E-state index contributed by atoms with van der Waals surface area (Å²) < 4.78 is 5.86. The Morgan fingerprint density at radius 1 is 0.605 bits per heavy atom. The molecule has 224 valence electrons. The zero-order valence-corrected chi connectivity index (χ0v) is 29.7. The second-order valence-corrected chi connectivity index (χ2v) is 26.4. The van der Waals surface area contributed by atoms with Crippen LogP contribution in [0, 0.1) is 42.4 Å². The number of hydrogen-bond donors (Lipinski definition) is 0. The number of benzene rings is 2. The van der Waals surface area contributed by atoms with Crippen molar-refractivity contribution in [3.05, 3.63) is 101 Å². The van der Waals surface area contributed by atoms with Gasteiger partial charge in [0.25, 0.3) is 0 Å². The predicted molar refractivity (Wildman–Crippen MR) is 190 cm³/mol. The van der Waals surface area contributed by atoms with Gasteiger partial charge in [0.15, 0.2) is 0 Å². The summed E-state index contributed by atoms with van der Waals surface area (Å²) in [5.74, 6) is 4.99. The van der Waals surface area contributed by atoms with E-state index in [0.717, 1.165) is 0 Å². The summed E-state index contributed by atoms with van der Waals surface area (Å²) in [4.78, 5) is 0. The lowest BCUT2D eigenvalue weighted by atomic mass is 9.80. The summed E-state index contributed by atoms with van der Waals surface area (Å²) in [5, 5.41) is 0. The van der Waals surface area contributed by atoms with Crippen LogP contribution in [0.15, 0.2) is 78.9 Å². The molecule has 0 saturated heterocycles. The molecule has 2 aromatic carbocycles. The van der Waals surface area contributed by atoms with Crippen LogP contribution in [-0.2, 0) is 0 Å². The summed E-state index contributed by atoms with van der Waals surface area (Å²) in [5.41, 5.74) is 10.6. The van der Waals surface area contributed by atoms with Crippen LogP contribution in [0.3, 0.4) is 0 Å². The number of aryl methyl sites for hydroxylation is 1. The average molecular weight is 603 g/mol. The molecule has 2 fully saturated rings. The van der Waals surface area contributed by atoms with Crippen LogP contribution in [0.2, 0.25) is 39.3 Å². The molecule has 0 spiro atoms. The van der Waals surface area contributed by atoms with Gasteiger partial charge in [-0.05, 0) is 71.1 Å². The van der Waals surface area contributed by atoms with Crippen molar-refractivity contribution in [2.24, 2.45) is 35.5 Å². The van der Waals surface area contributed by atoms with Gasteiger partial charge >= 0.3 is 0 Å². The molecule has 0 aromatic heterocycles. The third kappa shape index (κ3) is 3.87. The van der Waals surface area contributed by atoms with E-state index in [1.54, 1.807) is 11.1 Å². The minimum Gasteiger partial charge on any atom is -0.394 e. The molecule has 2 heterocycles. The van der Waals surface area contributed by atoms with Crippen LogP contribution < -0.4 is 9.13 Å². The maximum Gasteiger partial charge on any atom is 0.147 e. The number of anilines is 2. The first-order valence-corrected chi connectivity index (χ1v) is 23.8. The van der Waals surface area contributed by atoms with Crippen LogP contribution in [0.25, 0.3) is 5.57 Å². The summed E-state index contributed by atoms with van der Waals surface area (Å²) >= 11 is 0. The van der Waals surface area contributed by atoms with E-state index in [2.05, 4.69) is 148 Å². The van der Waals surface area contributed by atoms with Gasteiger partial charge in [-0.1, -0.05) is 119 Å². The van der Waals surface area contributed by atoms with E-state index in [1.807, 2.05) is 0 Å². The van der Waals surface area contributed by atoms with Crippen molar-refractivity contribution in [3.8, 4) is 0 Å². The van der Waals surface area contributed by atoms with Crippen molar-refractivity contribution in [2.75, 3.05) is 9.13 Å². The minimum absolute atomic E-state index is 0.558. The predicted octanol–water partition coefficient (Wildman–Crippen LogP) is 9.75. The third-order valence-electron chi connectivity index (χ3n) is 12.2. The first kappa shape index (κ1) is 27.9. The lowest BCUT2D eigenvalue weighted by molar-refractivity contribution is 0.429. The molecule has 0 radical (unpaired) electrons. The lowest BCUT2D eigenvalue weighted by Gasteiger charge is -2.42. The average Bonchev–Trinajstić information content (AvgIpc) is 3.64. The van der Waals surface area contributed by atoms with E-state index in [1.165, 1.54) is 28.1 Å². The van der Waals surface area contributed by atoms with Gasteiger partial charge in [0.05, 0.1) is 0 Å². The van der Waals surface area contributed by atoms with E-state index < -0.39 is 16.5 Å². The number of fused-ring (bicyclic) bond motifs is 10. The Kier molecular flexibility index (Phi) is 6.00. The highest BCUT2D eigenvalue weighted by atomic mass is 28.3. The van der Waals surface area contributed by atoms with Crippen molar-refractivity contribution >= 4 is 33.4 Å². The van der Waals surface area contributed by atoms with Crippen molar-refractivity contribution in [1.82, 2.24) is 0 Å². The highest BCUT2D eigenvalue weighted by molar-refractivity contribution is 6.80. The van der Waals surface area contributed by atoms with Crippen molar-refractivity contribution in [2.45, 2.75) is 84.0 Å². The number of hydrogen-bond acceptors (Lipinski definition) is 2. The summed E-state index contributed by atoms with van der Waals surface area (Å²) in [7, 11) is -3.18. The first-order chi connectivity index (χ1) is 20.4. The van der Waals surface area contributed by atoms with E-state index in [0.29, 0.717) is 59.4 Å². The fourth-order valence-electron chi connectivity index (χ4n) is 10.8. The molecule has 8 rings (SSSR count). The Bertz CT molecular complexity index is 1620. The Morgan fingerprint density at radius 3 is 1.77 bits per heavy atom. The standard InChI is InChI=1S/C39H50N2Si2/c1-23-14-18-34-32(20-23)36-25(3)29-17-15-26(21-31(29)39(36)41(34)43(7,8)9)27-16-19-35-33(22-27)37-24(2)28-12-10-11-13-30(28)38(37)40(35)42(4,5)6/h10-22,24-25,28-31,36-39H,1-9H3. The fraction of sp³-hybridized carbons (Fsp3) is 0.487. The first-order valence-electron chi connectivity index (χ1n) is 16.9. The Morgan fingerprint density at radius 2 is 1.14 bits per heavy atom. The van der Waals surface area contributed by atoms with Gasteiger partial charge in [-0.15, -0.1) is 0 Å². The zero-order valence-electron chi connectivity index (χ0n) is 27.7. The summed E-state index contributed by atoms with van der Waals surface area (Å²) in [6.45, 7) is 22.6. The van der Waals surface area contributed by atoms with Gasteiger partial charge in [0.2, 0.25) is 0 Å². The van der Waals surface area contributed by atoms with Gasteiger partial charge in [-0.3, -0.25) is 0 Å². The van der Waals surface area contributed by atoms with Crippen molar-refractivity contribution in [1.29, 1.82) is 0 Å². The smallest absolute Gasteiger partial charge is 0.147 e. The molecule has 2 aliphatic heterocycles. The molecule has 2 aromatic rings. The number of allylic oxidation sites excluding steroid dienone is 6.